The predicted molar refractivity (Wildman–Crippen MR) is 97.0 cm³/mol. The lowest BCUT2D eigenvalue weighted by molar-refractivity contribution is -0.117. The van der Waals surface area contributed by atoms with Gasteiger partial charge in [-0.15, -0.1) is 0 Å². The summed E-state index contributed by atoms with van der Waals surface area (Å²) in [7, 11) is -0.990. The molecule has 27 heavy (non-hydrogen) atoms. The van der Waals surface area contributed by atoms with Gasteiger partial charge in [-0.05, 0) is 36.4 Å². The maximum absolute atomic E-state index is 13.1. The van der Waals surface area contributed by atoms with Gasteiger partial charge in [0.1, 0.15) is 5.82 Å². The van der Waals surface area contributed by atoms with Crippen LogP contribution in [0.3, 0.4) is 0 Å². The van der Waals surface area contributed by atoms with Crippen LogP contribution >= 0.6 is 0 Å². The van der Waals surface area contributed by atoms with Crippen LogP contribution in [0.1, 0.15) is 6.42 Å². The fourth-order valence-corrected chi connectivity index (χ4v) is 4.17. The van der Waals surface area contributed by atoms with E-state index in [2.05, 4.69) is 4.72 Å². The Labute approximate surface area is 156 Å². The molecule has 1 aliphatic heterocycles. The summed E-state index contributed by atoms with van der Waals surface area (Å²) < 4.78 is 51.2. The van der Waals surface area contributed by atoms with Crippen LogP contribution in [0.5, 0.6) is 11.5 Å². The van der Waals surface area contributed by atoms with Crippen molar-refractivity contribution in [2.75, 3.05) is 25.7 Å². The van der Waals surface area contributed by atoms with Gasteiger partial charge >= 0.3 is 0 Å². The van der Waals surface area contributed by atoms with Gasteiger partial charge < -0.3 is 14.4 Å². The Morgan fingerprint density at radius 3 is 2.37 bits per heavy atom. The average Bonchev–Trinajstić information content (AvgIpc) is 3.01. The number of sulfonamides is 1. The lowest BCUT2D eigenvalue weighted by Gasteiger charge is -2.17. The molecule has 1 fully saturated rings. The first-order valence-electron chi connectivity index (χ1n) is 8.14. The van der Waals surface area contributed by atoms with E-state index in [1.54, 1.807) is 0 Å². The third-order valence-corrected chi connectivity index (χ3v) is 5.77. The van der Waals surface area contributed by atoms with Gasteiger partial charge in [-0.1, -0.05) is 0 Å². The molecule has 1 heterocycles. The number of nitrogens with zero attached hydrogens (tertiary/aromatic N) is 1. The maximum Gasteiger partial charge on any atom is 0.241 e. The van der Waals surface area contributed by atoms with Gasteiger partial charge in [0.15, 0.2) is 11.5 Å². The molecule has 144 valence electrons. The summed E-state index contributed by atoms with van der Waals surface area (Å²) >= 11 is 0. The lowest BCUT2D eigenvalue weighted by atomic mass is 10.3. The Balaban J connectivity index is 1.77. The van der Waals surface area contributed by atoms with E-state index in [0.29, 0.717) is 11.4 Å². The fourth-order valence-electron chi connectivity index (χ4n) is 2.93. The highest BCUT2D eigenvalue weighted by Crippen LogP contribution is 2.30. The van der Waals surface area contributed by atoms with Crippen molar-refractivity contribution in [1.82, 2.24) is 4.72 Å². The van der Waals surface area contributed by atoms with Crippen LogP contribution in [0.25, 0.3) is 0 Å². The van der Waals surface area contributed by atoms with Crippen molar-refractivity contribution in [2.45, 2.75) is 17.4 Å². The topological polar surface area (TPSA) is 84.9 Å². The van der Waals surface area contributed by atoms with Gasteiger partial charge in [0, 0.05) is 30.8 Å². The molecule has 2 aromatic rings. The van der Waals surface area contributed by atoms with Gasteiger partial charge in [-0.25, -0.2) is 17.5 Å². The van der Waals surface area contributed by atoms with E-state index in [0.717, 1.165) is 0 Å². The van der Waals surface area contributed by atoms with Crippen LogP contribution in [0.4, 0.5) is 10.1 Å². The molecule has 0 saturated carbocycles. The standard InChI is InChI=1S/C18H19FN2O5S/c1-25-16-8-7-15(10-17(16)26-2)27(23,24)20-13-9-18(22)21(11-13)14-5-3-12(19)4-6-14/h3-8,10,13,20H,9,11H2,1-2H3. The summed E-state index contributed by atoms with van der Waals surface area (Å²) in [4.78, 5) is 13.7. The molecule has 0 aromatic heterocycles. The van der Waals surface area contributed by atoms with Crippen molar-refractivity contribution in [1.29, 1.82) is 0 Å². The third kappa shape index (κ3) is 4.04. The molecule has 1 unspecified atom stereocenters. The minimum atomic E-state index is -3.86. The number of ether oxygens (including phenoxy) is 2. The molecule has 7 nitrogen and oxygen atoms in total. The minimum absolute atomic E-state index is 0.00725. The molecule has 9 heteroatoms. The van der Waals surface area contributed by atoms with E-state index in [1.807, 2.05) is 0 Å². The van der Waals surface area contributed by atoms with Gasteiger partial charge in [-0.3, -0.25) is 4.79 Å². The molecule has 1 N–H and O–H groups in total. The van der Waals surface area contributed by atoms with Crippen LogP contribution in [0.15, 0.2) is 47.4 Å². The van der Waals surface area contributed by atoms with Gasteiger partial charge in [0.25, 0.3) is 0 Å². The quantitative estimate of drug-likeness (QED) is 0.809. The van der Waals surface area contributed by atoms with Crippen molar-refractivity contribution in [3.05, 3.63) is 48.3 Å². The maximum atomic E-state index is 13.1. The molecule has 1 amide bonds. The van der Waals surface area contributed by atoms with Crippen LogP contribution in [0, 0.1) is 5.82 Å². The van der Waals surface area contributed by atoms with Gasteiger partial charge in [0.2, 0.25) is 15.9 Å². The number of rotatable bonds is 6. The number of benzene rings is 2. The summed E-state index contributed by atoms with van der Waals surface area (Å²) in [6.45, 7) is 0.164. The highest BCUT2D eigenvalue weighted by atomic mass is 32.2. The average molecular weight is 394 g/mol. The Hall–Kier alpha value is -2.65. The summed E-state index contributed by atoms with van der Waals surface area (Å²) in [5, 5.41) is 0. The largest absolute Gasteiger partial charge is 0.493 e. The molecule has 1 aliphatic rings. The number of nitrogens with one attached hydrogen (secondary N) is 1. The number of carbonyl (C=O) groups excluding carboxylic acids is 1. The SMILES string of the molecule is COc1ccc(S(=O)(=O)NC2CC(=O)N(c3ccc(F)cc3)C2)cc1OC. The van der Waals surface area contributed by atoms with E-state index < -0.39 is 21.9 Å². The second kappa shape index (κ2) is 7.53. The molecule has 0 radical (unpaired) electrons. The number of halogens is 1. The zero-order valence-corrected chi connectivity index (χ0v) is 15.6. The summed E-state index contributed by atoms with van der Waals surface area (Å²) in [5.41, 5.74) is 0.522. The van der Waals surface area contributed by atoms with E-state index in [4.69, 9.17) is 9.47 Å². The van der Waals surface area contributed by atoms with Crippen molar-refractivity contribution >= 4 is 21.6 Å². The van der Waals surface area contributed by atoms with Crippen molar-refractivity contribution in [3.63, 3.8) is 0 Å². The number of methoxy groups -OCH3 is 2. The highest BCUT2D eigenvalue weighted by Gasteiger charge is 2.33. The Kier molecular flexibility index (Phi) is 5.33. The van der Waals surface area contributed by atoms with E-state index in [-0.39, 0.29) is 29.5 Å². The molecule has 1 saturated heterocycles. The molecule has 0 bridgehead atoms. The molecule has 1 atom stereocenters. The summed E-state index contributed by atoms with van der Waals surface area (Å²) in [5.74, 6) is 0.0588. The second-order valence-corrected chi connectivity index (χ2v) is 7.73. The first kappa shape index (κ1) is 19.1. The highest BCUT2D eigenvalue weighted by molar-refractivity contribution is 7.89. The first-order valence-corrected chi connectivity index (χ1v) is 9.62. The monoisotopic (exact) mass is 394 g/mol. The molecule has 3 rings (SSSR count). The van der Waals surface area contributed by atoms with Crippen LogP contribution < -0.4 is 19.1 Å². The molecular formula is C18H19FN2O5S. The second-order valence-electron chi connectivity index (χ2n) is 6.02. The smallest absolute Gasteiger partial charge is 0.241 e. The Morgan fingerprint density at radius 1 is 1.07 bits per heavy atom. The molecule has 0 spiro atoms. The molecular weight excluding hydrogens is 375 g/mol. The fraction of sp³-hybridized carbons (Fsp3) is 0.278. The van der Waals surface area contributed by atoms with Gasteiger partial charge in [0.05, 0.1) is 19.1 Å². The van der Waals surface area contributed by atoms with Gasteiger partial charge in [-0.2, -0.15) is 0 Å². The summed E-state index contributed by atoms with van der Waals surface area (Å²) in [6.07, 6.45) is 0.0178. The van der Waals surface area contributed by atoms with E-state index in [9.17, 15) is 17.6 Å². The summed E-state index contributed by atoms with van der Waals surface area (Å²) in [6, 6.07) is 9.14. The minimum Gasteiger partial charge on any atom is -0.493 e. The van der Waals surface area contributed by atoms with E-state index in [1.165, 1.54) is 61.6 Å². The number of hydrogen-bond acceptors (Lipinski definition) is 5. The van der Waals surface area contributed by atoms with Crippen molar-refractivity contribution < 1.29 is 27.1 Å². The first-order chi connectivity index (χ1) is 12.8. The van der Waals surface area contributed by atoms with Crippen molar-refractivity contribution in [3.8, 4) is 11.5 Å². The Morgan fingerprint density at radius 2 is 1.74 bits per heavy atom. The molecule has 0 aliphatic carbocycles. The van der Waals surface area contributed by atoms with Crippen molar-refractivity contribution in [2.24, 2.45) is 0 Å². The lowest BCUT2D eigenvalue weighted by Crippen LogP contribution is -2.37. The zero-order chi connectivity index (χ0) is 19.6. The molecule has 2 aromatic carbocycles. The number of anilines is 1. The van der Waals surface area contributed by atoms with Crippen LogP contribution in [0.2, 0.25) is 0 Å². The third-order valence-electron chi connectivity index (χ3n) is 4.25. The van der Waals surface area contributed by atoms with E-state index >= 15 is 0 Å². The number of amides is 1. The van der Waals surface area contributed by atoms with Crippen LogP contribution in [-0.2, 0) is 14.8 Å². The zero-order valence-electron chi connectivity index (χ0n) is 14.8. The Bertz CT molecular complexity index is 947. The normalized spacial score (nSPS) is 17.2. The van der Waals surface area contributed by atoms with Crippen LogP contribution in [-0.4, -0.2) is 41.1 Å². The predicted octanol–water partition coefficient (Wildman–Crippen LogP) is 1.93. The number of hydrogen-bond donors (Lipinski definition) is 1. The number of carbonyl (C=O) groups is 1.